The fourth-order valence-corrected chi connectivity index (χ4v) is 1.77. The van der Waals surface area contributed by atoms with Crippen molar-refractivity contribution in [2.24, 2.45) is 0 Å². The summed E-state index contributed by atoms with van der Waals surface area (Å²) in [6.45, 7) is 5.50. The Morgan fingerprint density at radius 1 is 1.13 bits per heavy atom. The van der Waals surface area contributed by atoms with E-state index in [0.29, 0.717) is 26.0 Å². The molecule has 1 unspecified atom stereocenters. The molecule has 0 aliphatic rings. The fraction of sp³-hybridized carbons (Fsp3) is 0.900. The molecule has 0 amide bonds. The zero-order valence-electron chi connectivity index (χ0n) is 9.53. The fourth-order valence-electron chi connectivity index (χ4n) is 0.897. The predicted octanol–water partition coefficient (Wildman–Crippen LogP) is 2.19. The standard InChI is InChI=1S/C10H20O4P/c1-3-5-13-7-8-15(12)9-10(11)14-6-4-2/h3-9H2,1-2H3/q+1. The average Bonchev–Trinajstić information content (AvgIpc) is 2.21. The van der Waals surface area contributed by atoms with Gasteiger partial charge in [-0.1, -0.05) is 18.4 Å². The lowest BCUT2D eigenvalue weighted by atomic mass is 10.5. The van der Waals surface area contributed by atoms with E-state index >= 15 is 0 Å². The molecule has 0 fully saturated rings. The number of ether oxygens (including phenoxy) is 2. The quantitative estimate of drug-likeness (QED) is 0.349. The van der Waals surface area contributed by atoms with Crippen LogP contribution in [0.1, 0.15) is 26.7 Å². The lowest BCUT2D eigenvalue weighted by Gasteiger charge is -1.98. The van der Waals surface area contributed by atoms with Crippen LogP contribution in [-0.4, -0.2) is 38.1 Å². The minimum Gasteiger partial charge on any atom is -0.463 e. The lowest BCUT2D eigenvalue weighted by molar-refractivity contribution is -0.140. The van der Waals surface area contributed by atoms with Crippen LogP contribution in [0.5, 0.6) is 0 Å². The van der Waals surface area contributed by atoms with Gasteiger partial charge in [0.15, 0.2) is 6.16 Å². The first-order valence-electron chi connectivity index (χ1n) is 5.36. The second-order valence-corrected chi connectivity index (χ2v) is 4.92. The van der Waals surface area contributed by atoms with E-state index in [1.807, 2.05) is 13.8 Å². The average molecular weight is 235 g/mol. The summed E-state index contributed by atoms with van der Waals surface area (Å²) < 4.78 is 21.4. The highest BCUT2D eigenvalue weighted by Gasteiger charge is 2.21. The molecule has 88 valence electrons. The Morgan fingerprint density at radius 3 is 2.40 bits per heavy atom. The molecule has 1 atom stereocenters. The highest BCUT2D eigenvalue weighted by Crippen LogP contribution is 2.19. The summed E-state index contributed by atoms with van der Waals surface area (Å²) in [7, 11) is -1.50. The molecule has 0 heterocycles. The molecule has 0 radical (unpaired) electrons. The van der Waals surface area contributed by atoms with Gasteiger partial charge in [-0.25, -0.2) is 4.79 Å². The Kier molecular flexibility index (Phi) is 9.75. The smallest absolute Gasteiger partial charge is 0.354 e. The van der Waals surface area contributed by atoms with Crippen molar-refractivity contribution >= 4 is 13.8 Å². The van der Waals surface area contributed by atoms with Crippen LogP contribution in [-0.2, 0) is 18.8 Å². The van der Waals surface area contributed by atoms with Crippen LogP contribution in [0.15, 0.2) is 0 Å². The van der Waals surface area contributed by atoms with E-state index in [0.717, 1.165) is 12.8 Å². The summed E-state index contributed by atoms with van der Waals surface area (Å²) in [5.74, 6) is -0.367. The van der Waals surface area contributed by atoms with Gasteiger partial charge >= 0.3 is 13.8 Å². The van der Waals surface area contributed by atoms with Gasteiger partial charge < -0.3 is 9.47 Å². The van der Waals surface area contributed by atoms with Gasteiger partial charge in [0.2, 0.25) is 6.16 Å². The molecule has 0 saturated heterocycles. The molecule has 5 heteroatoms. The first-order chi connectivity index (χ1) is 7.20. The van der Waals surface area contributed by atoms with E-state index in [1.165, 1.54) is 0 Å². The van der Waals surface area contributed by atoms with Gasteiger partial charge in [0, 0.05) is 6.61 Å². The van der Waals surface area contributed by atoms with Crippen molar-refractivity contribution in [1.29, 1.82) is 0 Å². The Labute approximate surface area is 92.1 Å². The number of esters is 1. The predicted molar refractivity (Wildman–Crippen MR) is 59.7 cm³/mol. The SMILES string of the molecule is CCCOCC[P+](=O)CC(=O)OCCC. The number of hydrogen-bond donors (Lipinski definition) is 0. The summed E-state index contributed by atoms with van der Waals surface area (Å²) in [5.41, 5.74) is 0. The molecule has 0 aliphatic carbocycles. The number of carbonyl (C=O) groups excluding carboxylic acids is 1. The maximum Gasteiger partial charge on any atom is 0.354 e. The highest BCUT2D eigenvalue weighted by molar-refractivity contribution is 7.45. The third-order valence-corrected chi connectivity index (χ3v) is 2.90. The Bertz CT molecular complexity index is 194. The van der Waals surface area contributed by atoms with Crippen LogP contribution in [0.3, 0.4) is 0 Å². The first-order valence-corrected chi connectivity index (χ1v) is 6.99. The van der Waals surface area contributed by atoms with E-state index in [1.54, 1.807) is 0 Å². The van der Waals surface area contributed by atoms with Gasteiger partial charge in [-0.15, -0.1) is 0 Å². The van der Waals surface area contributed by atoms with E-state index in [9.17, 15) is 9.36 Å². The first kappa shape index (κ1) is 14.5. The van der Waals surface area contributed by atoms with E-state index < -0.39 is 7.80 Å². The van der Waals surface area contributed by atoms with Crippen LogP contribution in [0.4, 0.5) is 0 Å². The van der Waals surface area contributed by atoms with E-state index in [4.69, 9.17) is 9.47 Å². The molecule has 15 heavy (non-hydrogen) atoms. The van der Waals surface area contributed by atoms with Crippen molar-refractivity contribution in [2.75, 3.05) is 32.1 Å². The molecule has 0 aliphatic heterocycles. The second kappa shape index (κ2) is 10.1. The zero-order valence-corrected chi connectivity index (χ0v) is 10.4. The summed E-state index contributed by atoms with van der Waals surface area (Å²) >= 11 is 0. The van der Waals surface area contributed by atoms with Crippen LogP contribution >= 0.6 is 7.80 Å². The van der Waals surface area contributed by atoms with Crippen LogP contribution in [0.2, 0.25) is 0 Å². The summed E-state index contributed by atoms with van der Waals surface area (Å²) in [6, 6.07) is 0. The molecule has 0 aromatic rings. The summed E-state index contributed by atoms with van der Waals surface area (Å²) in [6.07, 6.45) is 2.21. The van der Waals surface area contributed by atoms with Gasteiger partial charge in [-0.3, -0.25) is 0 Å². The monoisotopic (exact) mass is 235 g/mol. The van der Waals surface area contributed by atoms with Crippen molar-refractivity contribution in [3.63, 3.8) is 0 Å². The minimum absolute atomic E-state index is 0.0187. The number of hydrogen-bond acceptors (Lipinski definition) is 4. The van der Waals surface area contributed by atoms with Crippen molar-refractivity contribution in [3.8, 4) is 0 Å². The maximum atomic E-state index is 11.3. The third-order valence-electron chi connectivity index (χ3n) is 1.61. The van der Waals surface area contributed by atoms with Crippen molar-refractivity contribution in [2.45, 2.75) is 26.7 Å². The molecule has 4 nitrogen and oxygen atoms in total. The van der Waals surface area contributed by atoms with E-state index in [-0.39, 0.29) is 12.1 Å². The van der Waals surface area contributed by atoms with Crippen LogP contribution in [0, 0.1) is 0 Å². The van der Waals surface area contributed by atoms with Gasteiger partial charge in [-0.05, 0) is 12.8 Å². The van der Waals surface area contributed by atoms with E-state index in [2.05, 4.69) is 0 Å². The summed E-state index contributed by atoms with van der Waals surface area (Å²) in [4.78, 5) is 11.1. The molecule has 0 rings (SSSR count). The Morgan fingerprint density at radius 2 is 1.80 bits per heavy atom. The molecular formula is C10H20O4P+. The minimum atomic E-state index is -1.50. The topological polar surface area (TPSA) is 52.6 Å². The molecule has 0 spiro atoms. The highest BCUT2D eigenvalue weighted by atomic mass is 31.1. The molecule has 0 saturated carbocycles. The van der Waals surface area contributed by atoms with Crippen molar-refractivity contribution < 1.29 is 18.8 Å². The molecule has 0 bridgehead atoms. The van der Waals surface area contributed by atoms with Crippen LogP contribution in [0.25, 0.3) is 0 Å². The second-order valence-electron chi connectivity index (χ2n) is 3.20. The zero-order chi connectivity index (χ0) is 11.5. The Hall–Kier alpha value is -0.470. The summed E-state index contributed by atoms with van der Waals surface area (Å²) in [5, 5.41) is 0. The largest absolute Gasteiger partial charge is 0.463 e. The number of carbonyl (C=O) groups is 1. The molecule has 0 aromatic carbocycles. The van der Waals surface area contributed by atoms with Crippen molar-refractivity contribution in [1.82, 2.24) is 0 Å². The molecule has 0 aromatic heterocycles. The number of rotatable bonds is 9. The van der Waals surface area contributed by atoms with Gasteiger partial charge in [0.05, 0.1) is 13.2 Å². The maximum absolute atomic E-state index is 11.3. The Balaban J connectivity index is 3.43. The van der Waals surface area contributed by atoms with Crippen molar-refractivity contribution in [3.05, 3.63) is 0 Å². The lowest BCUT2D eigenvalue weighted by Crippen LogP contribution is -2.09. The van der Waals surface area contributed by atoms with Gasteiger partial charge in [-0.2, -0.15) is 0 Å². The van der Waals surface area contributed by atoms with Gasteiger partial charge in [0.1, 0.15) is 0 Å². The van der Waals surface area contributed by atoms with Gasteiger partial charge in [0.25, 0.3) is 0 Å². The third kappa shape index (κ3) is 9.83. The molecular weight excluding hydrogens is 215 g/mol. The normalized spacial score (nSPS) is 11.2. The molecule has 0 N–H and O–H groups in total. The van der Waals surface area contributed by atoms with Crippen LogP contribution < -0.4 is 0 Å².